The van der Waals surface area contributed by atoms with Crippen LogP contribution in [0.1, 0.15) is 12.5 Å². The van der Waals surface area contributed by atoms with Crippen LogP contribution >= 0.6 is 15.9 Å². The predicted octanol–water partition coefficient (Wildman–Crippen LogP) is 3.19. The standard InChI is InChI=1S/C12H13BrN4O2/c1-2-16-12(10(17(18)19)11(13)15-16)14-8-9-6-4-3-5-7-9/h3-7,14H,2,8H2,1H3. The predicted molar refractivity (Wildman–Crippen MR) is 76.0 cm³/mol. The van der Waals surface area contributed by atoms with Gasteiger partial charge in [-0.15, -0.1) is 0 Å². The molecule has 0 fully saturated rings. The minimum absolute atomic E-state index is 0.0298. The third kappa shape index (κ3) is 2.93. The van der Waals surface area contributed by atoms with Crippen molar-refractivity contribution >= 4 is 27.4 Å². The van der Waals surface area contributed by atoms with Gasteiger partial charge in [-0.05, 0) is 28.4 Å². The lowest BCUT2D eigenvalue weighted by Gasteiger charge is -2.07. The van der Waals surface area contributed by atoms with Crippen LogP contribution in [0, 0.1) is 10.1 Å². The fourth-order valence-electron chi connectivity index (χ4n) is 1.77. The summed E-state index contributed by atoms with van der Waals surface area (Å²) in [6, 6.07) is 9.71. The van der Waals surface area contributed by atoms with Gasteiger partial charge in [-0.1, -0.05) is 30.3 Å². The van der Waals surface area contributed by atoms with Crippen molar-refractivity contribution in [3.8, 4) is 0 Å². The SMILES string of the molecule is CCn1nc(Br)c([N+](=O)[O-])c1NCc1ccccc1. The highest BCUT2D eigenvalue weighted by atomic mass is 79.9. The minimum atomic E-state index is -0.434. The highest BCUT2D eigenvalue weighted by Crippen LogP contribution is 2.32. The molecule has 1 aromatic carbocycles. The van der Waals surface area contributed by atoms with Crippen molar-refractivity contribution in [3.63, 3.8) is 0 Å². The molecule has 100 valence electrons. The fourth-order valence-corrected chi connectivity index (χ4v) is 2.29. The van der Waals surface area contributed by atoms with E-state index in [2.05, 4.69) is 26.3 Å². The molecule has 0 saturated carbocycles. The van der Waals surface area contributed by atoms with Gasteiger partial charge in [-0.2, -0.15) is 5.10 Å². The lowest BCUT2D eigenvalue weighted by Crippen LogP contribution is -2.08. The maximum atomic E-state index is 11.1. The number of hydrogen-bond acceptors (Lipinski definition) is 4. The second-order valence-electron chi connectivity index (χ2n) is 3.90. The van der Waals surface area contributed by atoms with Crippen molar-refractivity contribution in [3.05, 3.63) is 50.6 Å². The molecule has 7 heteroatoms. The van der Waals surface area contributed by atoms with Gasteiger partial charge in [0.2, 0.25) is 10.4 Å². The zero-order valence-electron chi connectivity index (χ0n) is 10.3. The third-order valence-corrected chi connectivity index (χ3v) is 3.21. The Hall–Kier alpha value is -1.89. The van der Waals surface area contributed by atoms with Gasteiger partial charge < -0.3 is 5.32 Å². The summed E-state index contributed by atoms with van der Waals surface area (Å²) in [7, 11) is 0. The van der Waals surface area contributed by atoms with Crippen LogP contribution < -0.4 is 5.32 Å². The van der Waals surface area contributed by atoms with E-state index in [1.165, 1.54) is 0 Å². The van der Waals surface area contributed by atoms with Gasteiger partial charge in [-0.3, -0.25) is 10.1 Å². The lowest BCUT2D eigenvalue weighted by molar-refractivity contribution is -0.384. The maximum Gasteiger partial charge on any atom is 0.345 e. The first-order valence-corrected chi connectivity index (χ1v) is 6.61. The molecule has 0 radical (unpaired) electrons. The second-order valence-corrected chi connectivity index (χ2v) is 4.65. The van der Waals surface area contributed by atoms with Crippen molar-refractivity contribution < 1.29 is 4.92 Å². The van der Waals surface area contributed by atoms with Crippen LogP contribution in [0.5, 0.6) is 0 Å². The molecule has 0 unspecified atom stereocenters. The quantitative estimate of drug-likeness (QED) is 0.677. The first-order chi connectivity index (χ1) is 9.13. The Kier molecular flexibility index (Phi) is 4.16. The second kappa shape index (κ2) is 5.83. The normalized spacial score (nSPS) is 10.4. The minimum Gasteiger partial charge on any atom is -0.360 e. The largest absolute Gasteiger partial charge is 0.360 e. The van der Waals surface area contributed by atoms with Crippen LogP contribution in [0.3, 0.4) is 0 Å². The number of benzene rings is 1. The highest BCUT2D eigenvalue weighted by Gasteiger charge is 2.25. The molecule has 0 bridgehead atoms. The molecule has 0 amide bonds. The molecular formula is C12H13BrN4O2. The number of rotatable bonds is 5. The van der Waals surface area contributed by atoms with E-state index < -0.39 is 4.92 Å². The number of aromatic nitrogens is 2. The van der Waals surface area contributed by atoms with E-state index in [0.29, 0.717) is 18.9 Å². The number of nitrogens with zero attached hydrogens (tertiary/aromatic N) is 3. The number of hydrogen-bond donors (Lipinski definition) is 1. The molecule has 0 atom stereocenters. The summed E-state index contributed by atoms with van der Waals surface area (Å²) in [4.78, 5) is 10.6. The van der Waals surface area contributed by atoms with Crippen LogP contribution in [0.25, 0.3) is 0 Å². The molecule has 0 aliphatic heterocycles. The molecule has 2 rings (SSSR count). The molecule has 1 N–H and O–H groups in total. The molecule has 19 heavy (non-hydrogen) atoms. The Bertz CT molecular complexity index is 583. The first kappa shape index (κ1) is 13.5. The van der Waals surface area contributed by atoms with Crippen LogP contribution in [-0.2, 0) is 13.1 Å². The van der Waals surface area contributed by atoms with Crippen LogP contribution in [0.4, 0.5) is 11.5 Å². The molecule has 1 heterocycles. The molecule has 6 nitrogen and oxygen atoms in total. The molecule has 0 aliphatic rings. The van der Waals surface area contributed by atoms with Gasteiger partial charge in [0.1, 0.15) is 0 Å². The molecule has 0 aliphatic carbocycles. The molecule has 2 aromatic rings. The van der Waals surface area contributed by atoms with E-state index >= 15 is 0 Å². The lowest BCUT2D eigenvalue weighted by atomic mass is 10.2. The molecule has 0 saturated heterocycles. The average molecular weight is 325 g/mol. The maximum absolute atomic E-state index is 11.1. The summed E-state index contributed by atoms with van der Waals surface area (Å²) in [6.07, 6.45) is 0. The Labute approximate surface area is 118 Å². The van der Waals surface area contributed by atoms with Gasteiger partial charge in [0.25, 0.3) is 0 Å². The van der Waals surface area contributed by atoms with Crippen LogP contribution in [0.15, 0.2) is 34.9 Å². The monoisotopic (exact) mass is 324 g/mol. The van der Waals surface area contributed by atoms with E-state index in [4.69, 9.17) is 0 Å². The van der Waals surface area contributed by atoms with Crippen LogP contribution in [-0.4, -0.2) is 14.7 Å². The number of nitro groups is 1. The number of aryl methyl sites for hydroxylation is 1. The van der Waals surface area contributed by atoms with Crippen molar-refractivity contribution in [2.45, 2.75) is 20.0 Å². The van der Waals surface area contributed by atoms with E-state index in [0.717, 1.165) is 5.56 Å². The Morgan fingerprint density at radius 2 is 2.11 bits per heavy atom. The Morgan fingerprint density at radius 3 is 2.68 bits per heavy atom. The summed E-state index contributed by atoms with van der Waals surface area (Å²) < 4.78 is 1.82. The fraction of sp³-hybridized carbons (Fsp3) is 0.250. The molecular weight excluding hydrogens is 312 g/mol. The van der Waals surface area contributed by atoms with Crippen LogP contribution in [0.2, 0.25) is 0 Å². The summed E-state index contributed by atoms with van der Waals surface area (Å²) in [6.45, 7) is 2.96. The number of halogens is 1. The topological polar surface area (TPSA) is 73.0 Å². The smallest absolute Gasteiger partial charge is 0.345 e. The van der Waals surface area contributed by atoms with E-state index in [9.17, 15) is 10.1 Å². The Morgan fingerprint density at radius 1 is 1.42 bits per heavy atom. The number of nitrogens with one attached hydrogen (secondary N) is 1. The van der Waals surface area contributed by atoms with Gasteiger partial charge >= 0.3 is 5.69 Å². The van der Waals surface area contributed by atoms with Crippen molar-refractivity contribution in [1.82, 2.24) is 9.78 Å². The van der Waals surface area contributed by atoms with Gasteiger partial charge in [0.15, 0.2) is 0 Å². The molecule has 1 aromatic heterocycles. The van der Waals surface area contributed by atoms with Crippen molar-refractivity contribution in [1.29, 1.82) is 0 Å². The van der Waals surface area contributed by atoms with Crippen molar-refractivity contribution in [2.75, 3.05) is 5.32 Å². The van der Waals surface area contributed by atoms with E-state index in [1.54, 1.807) is 4.68 Å². The van der Waals surface area contributed by atoms with E-state index in [-0.39, 0.29) is 10.3 Å². The van der Waals surface area contributed by atoms with Crippen molar-refractivity contribution in [2.24, 2.45) is 0 Å². The summed E-state index contributed by atoms with van der Waals surface area (Å²) in [5.41, 5.74) is 1.02. The van der Waals surface area contributed by atoms with E-state index in [1.807, 2.05) is 37.3 Å². The summed E-state index contributed by atoms with van der Waals surface area (Å²) in [5.74, 6) is 0.420. The summed E-state index contributed by atoms with van der Waals surface area (Å²) >= 11 is 3.12. The first-order valence-electron chi connectivity index (χ1n) is 5.82. The summed E-state index contributed by atoms with van der Waals surface area (Å²) in [5, 5.41) is 18.2. The average Bonchev–Trinajstić information content (AvgIpc) is 2.73. The van der Waals surface area contributed by atoms with Gasteiger partial charge in [-0.25, -0.2) is 4.68 Å². The van der Waals surface area contributed by atoms with Gasteiger partial charge in [0.05, 0.1) is 4.92 Å². The highest BCUT2D eigenvalue weighted by molar-refractivity contribution is 9.10. The zero-order chi connectivity index (χ0) is 13.8. The third-order valence-electron chi connectivity index (χ3n) is 2.67. The Balaban J connectivity index is 2.26. The van der Waals surface area contributed by atoms with Gasteiger partial charge in [0, 0.05) is 13.1 Å². The molecule has 0 spiro atoms. The zero-order valence-corrected chi connectivity index (χ0v) is 11.9. The number of anilines is 1.